The van der Waals surface area contributed by atoms with Crippen LogP contribution in [0.4, 0.5) is 0 Å². The molecule has 0 saturated carbocycles. The third kappa shape index (κ3) is 47.0. The predicted molar refractivity (Wildman–Crippen MR) is 267 cm³/mol. The summed E-state index contributed by atoms with van der Waals surface area (Å²) in [6.45, 7) is 2.40. The van der Waals surface area contributed by atoms with Gasteiger partial charge in [0.05, 0.1) is 19.6 Å². The lowest BCUT2D eigenvalue weighted by molar-refractivity contribution is -0.146. The maximum absolute atomic E-state index is 12.4. The number of carboxylic acids is 1. The smallest absolute Gasteiger partial charge is 0.472 e. The molecule has 0 saturated heterocycles. The van der Waals surface area contributed by atoms with E-state index in [9.17, 15) is 34.1 Å². The number of hydrogen-bond donors (Lipinski definition) is 4. The maximum atomic E-state index is 12.4. The SMILES string of the molecule is CC/C=C\C/C=C\C/C=C\C/C=C\C/C=C\C/C=C\C/C=C\CC(=O)OCC(O)COP(=O)(O)OCC(NC(=O)CCCCCCCCCCCCCCCCCCCCCC)C(=O)O. The van der Waals surface area contributed by atoms with Crippen LogP contribution in [0, 0.1) is 0 Å². The Morgan fingerprint density at radius 3 is 1.25 bits per heavy atom. The molecule has 12 heteroatoms. The number of carbonyl (C=O) groups is 3. The molecule has 0 aliphatic rings. The Balaban J connectivity index is 3.95. The zero-order chi connectivity index (χ0) is 47.7. The van der Waals surface area contributed by atoms with Crippen molar-refractivity contribution in [2.75, 3.05) is 19.8 Å². The van der Waals surface area contributed by atoms with Gasteiger partial charge in [-0.15, -0.1) is 0 Å². The van der Waals surface area contributed by atoms with Crippen LogP contribution >= 0.6 is 7.82 Å². The molecule has 11 nitrogen and oxygen atoms in total. The Morgan fingerprint density at radius 2 is 0.862 bits per heavy atom. The number of esters is 1. The van der Waals surface area contributed by atoms with Crippen LogP contribution in [0.3, 0.4) is 0 Å². The van der Waals surface area contributed by atoms with Crippen LogP contribution < -0.4 is 5.32 Å². The van der Waals surface area contributed by atoms with Crippen molar-refractivity contribution in [2.45, 2.75) is 212 Å². The monoisotopic (exact) mass is 932 g/mol. The fourth-order valence-corrected chi connectivity index (χ4v) is 7.41. The number of aliphatic carboxylic acids is 1. The number of ether oxygens (including phenoxy) is 1. The lowest BCUT2D eigenvalue weighted by Crippen LogP contribution is -2.43. The van der Waals surface area contributed by atoms with E-state index in [4.69, 9.17) is 13.8 Å². The normalized spacial score (nSPS) is 14.3. The molecule has 0 aliphatic carbocycles. The number of unbranched alkanes of at least 4 members (excludes halogenated alkanes) is 19. The summed E-state index contributed by atoms with van der Waals surface area (Å²) < 4.78 is 26.8. The minimum absolute atomic E-state index is 0.0142. The van der Waals surface area contributed by atoms with E-state index in [1.54, 1.807) is 6.08 Å². The van der Waals surface area contributed by atoms with E-state index >= 15 is 0 Å². The molecule has 4 N–H and O–H groups in total. The topological polar surface area (TPSA) is 169 Å². The lowest BCUT2D eigenvalue weighted by atomic mass is 10.0. The molecule has 0 aromatic rings. The molecule has 0 radical (unpaired) electrons. The van der Waals surface area contributed by atoms with Gasteiger partial charge in [-0.3, -0.25) is 18.6 Å². The van der Waals surface area contributed by atoms with Crippen molar-refractivity contribution in [3.63, 3.8) is 0 Å². The molecular weight excluding hydrogens is 842 g/mol. The molecule has 0 aliphatic heterocycles. The van der Waals surface area contributed by atoms with E-state index in [-0.39, 0.29) is 12.8 Å². The second-order valence-electron chi connectivity index (χ2n) is 16.6. The van der Waals surface area contributed by atoms with Crippen molar-refractivity contribution in [1.29, 1.82) is 0 Å². The first kappa shape index (κ1) is 61.7. The van der Waals surface area contributed by atoms with Crippen molar-refractivity contribution in [1.82, 2.24) is 5.32 Å². The Kier molecular flexibility index (Phi) is 44.7. The van der Waals surface area contributed by atoms with Gasteiger partial charge in [-0.1, -0.05) is 221 Å². The number of allylic oxidation sites excluding steroid dienone is 13. The molecule has 3 atom stereocenters. The Labute approximate surface area is 394 Å². The van der Waals surface area contributed by atoms with Crippen LogP contribution in [0.25, 0.3) is 0 Å². The fourth-order valence-electron chi connectivity index (χ4n) is 6.64. The Bertz CT molecular complexity index is 1420. The zero-order valence-corrected chi connectivity index (χ0v) is 41.4. The summed E-state index contributed by atoms with van der Waals surface area (Å²) in [6.07, 6.45) is 59.2. The number of aliphatic hydroxyl groups is 1. The third-order valence-corrected chi connectivity index (χ3v) is 11.4. The number of phosphoric acid groups is 1. The van der Waals surface area contributed by atoms with Gasteiger partial charge in [0.2, 0.25) is 5.91 Å². The number of carbonyl (C=O) groups excluding carboxylic acids is 2. The first-order valence-corrected chi connectivity index (χ1v) is 26.6. The van der Waals surface area contributed by atoms with Crippen molar-refractivity contribution in [3.05, 3.63) is 85.1 Å². The van der Waals surface area contributed by atoms with Gasteiger partial charge in [-0.05, 0) is 51.4 Å². The summed E-state index contributed by atoms with van der Waals surface area (Å²) in [7, 11) is -4.79. The summed E-state index contributed by atoms with van der Waals surface area (Å²) in [5.74, 6) is -2.51. The molecule has 0 spiro atoms. The second kappa shape index (κ2) is 47.2. The van der Waals surface area contributed by atoms with E-state index in [1.165, 1.54) is 103 Å². The summed E-state index contributed by atoms with van der Waals surface area (Å²) >= 11 is 0. The fraction of sp³-hybridized carbons (Fsp3) is 0.679. The maximum Gasteiger partial charge on any atom is 0.472 e. The quantitative estimate of drug-likeness (QED) is 0.0199. The second-order valence-corrected chi connectivity index (χ2v) is 18.1. The Hall–Kier alpha value is -3.34. The van der Waals surface area contributed by atoms with Gasteiger partial charge < -0.3 is 25.2 Å². The molecule has 0 rings (SSSR count). The number of nitrogens with one attached hydrogen (secondary N) is 1. The van der Waals surface area contributed by atoms with Crippen LogP contribution in [0.5, 0.6) is 0 Å². The van der Waals surface area contributed by atoms with E-state index in [2.05, 4.69) is 79.9 Å². The summed E-state index contributed by atoms with van der Waals surface area (Å²) in [5, 5.41) is 21.9. The molecule has 0 fully saturated rings. The minimum Gasteiger partial charge on any atom is -0.480 e. The van der Waals surface area contributed by atoms with Crippen molar-refractivity contribution in [3.8, 4) is 0 Å². The number of carboxylic acid groups (broad SMARTS) is 1. The van der Waals surface area contributed by atoms with Gasteiger partial charge in [0.25, 0.3) is 0 Å². The van der Waals surface area contributed by atoms with Crippen molar-refractivity contribution < 1.29 is 47.8 Å². The van der Waals surface area contributed by atoms with Gasteiger partial charge in [0, 0.05) is 6.42 Å². The molecule has 65 heavy (non-hydrogen) atoms. The molecule has 0 aromatic heterocycles. The predicted octanol–water partition coefficient (Wildman–Crippen LogP) is 13.8. The minimum atomic E-state index is -4.79. The first-order valence-electron chi connectivity index (χ1n) is 25.1. The highest BCUT2D eigenvalue weighted by atomic mass is 31.2. The molecule has 1 amide bonds. The van der Waals surface area contributed by atoms with E-state index in [0.29, 0.717) is 12.8 Å². The standard InChI is InChI=1S/C53H90NO10P/c1-3-5-7-9-11-13-15-17-19-21-23-25-27-29-31-33-35-37-39-41-43-45-52(57)62-46-49(55)47-63-65(60,61)64-48-50(53(58)59)54-51(56)44-42-40-38-36-34-32-30-28-26-24-22-20-18-16-14-12-10-8-6-4-2/h5,7,11,13,17,19,23,25,29,31,35,37,41,43,49-50,55H,3-4,6,8-10,12,14-16,18,20-22,24,26-28,30,32-34,36,38-40,42,44-48H2,1-2H3,(H,54,56)(H,58,59)(H,60,61)/b7-5-,13-11-,19-17-,25-23-,31-29-,37-35-,43-41-. The van der Waals surface area contributed by atoms with Gasteiger partial charge in [-0.25, -0.2) is 9.36 Å². The van der Waals surface area contributed by atoms with Crippen LogP contribution in [0.1, 0.15) is 200 Å². The zero-order valence-electron chi connectivity index (χ0n) is 40.5. The lowest BCUT2D eigenvalue weighted by Gasteiger charge is -2.18. The summed E-state index contributed by atoms with van der Waals surface area (Å²) in [5.41, 5.74) is 0. The van der Waals surface area contributed by atoms with Crippen LogP contribution in [-0.2, 0) is 32.7 Å². The van der Waals surface area contributed by atoms with Crippen LogP contribution in [-0.4, -0.2) is 64.9 Å². The van der Waals surface area contributed by atoms with Gasteiger partial charge in [0.1, 0.15) is 12.7 Å². The average molecular weight is 932 g/mol. The van der Waals surface area contributed by atoms with E-state index < -0.39 is 57.6 Å². The number of rotatable bonds is 46. The number of phosphoric ester groups is 1. The third-order valence-electron chi connectivity index (χ3n) is 10.5. The number of aliphatic hydroxyl groups excluding tert-OH is 1. The highest BCUT2D eigenvalue weighted by molar-refractivity contribution is 7.47. The van der Waals surface area contributed by atoms with E-state index in [1.807, 2.05) is 18.2 Å². The highest BCUT2D eigenvalue weighted by Gasteiger charge is 2.28. The van der Waals surface area contributed by atoms with E-state index in [0.717, 1.165) is 57.8 Å². The molecule has 0 heterocycles. The molecule has 3 unspecified atom stereocenters. The van der Waals surface area contributed by atoms with Gasteiger partial charge >= 0.3 is 19.8 Å². The van der Waals surface area contributed by atoms with Crippen LogP contribution in [0.15, 0.2) is 85.1 Å². The molecule has 0 bridgehead atoms. The first-order chi connectivity index (χ1) is 31.6. The number of amides is 1. The molecular formula is C53H90NO10P. The molecule has 372 valence electrons. The van der Waals surface area contributed by atoms with Crippen LogP contribution in [0.2, 0.25) is 0 Å². The van der Waals surface area contributed by atoms with Crippen molar-refractivity contribution in [2.24, 2.45) is 0 Å². The summed E-state index contributed by atoms with van der Waals surface area (Å²) in [6, 6.07) is -1.56. The van der Waals surface area contributed by atoms with Crippen molar-refractivity contribution >= 4 is 25.7 Å². The Morgan fingerprint density at radius 1 is 0.508 bits per heavy atom. The highest BCUT2D eigenvalue weighted by Crippen LogP contribution is 2.43. The molecule has 0 aromatic carbocycles. The van der Waals surface area contributed by atoms with Gasteiger partial charge in [0.15, 0.2) is 6.04 Å². The largest absolute Gasteiger partial charge is 0.480 e. The summed E-state index contributed by atoms with van der Waals surface area (Å²) in [4.78, 5) is 46.0. The van der Waals surface area contributed by atoms with Gasteiger partial charge in [-0.2, -0.15) is 0 Å². The number of hydrogen-bond acceptors (Lipinski definition) is 8. The average Bonchev–Trinajstić information content (AvgIpc) is 3.28.